The fourth-order valence-electron chi connectivity index (χ4n) is 1.13. The molecular weight excluding hydrogens is 192 g/mol. The fraction of sp³-hybridized carbons (Fsp3) is 0. The van der Waals surface area contributed by atoms with E-state index in [2.05, 4.69) is 5.10 Å². The SMILES string of the molecule is N=C(Oc1ccccc1)n1nccc1N. The summed E-state index contributed by atoms with van der Waals surface area (Å²) >= 11 is 0. The Kier molecular flexibility index (Phi) is 2.37. The summed E-state index contributed by atoms with van der Waals surface area (Å²) in [7, 11) is 0. The summed E-state index contributed by atoms with van der Waals surface area (Å²) in [4.78, 5) is 0. The lowest BCUT2D eigenvalue weighted by molar-refractivity contribution is 0.508. The van der Waals surface area contributed by atoms with Gasteiger partial charge in [0, 0.05) is 6.07 Å². The maximum absolute atomic E-state index is 7.62. The molecule has 0 aliphatic rings. The number of anilines is 1. The normalized spacial score (nSPS) is 9.87. The molecule has 0 aliphatic heterocycles. The van der Waals surface area contributed by atoms with E-state index in [0.717, 1.165) is 0 Å². The first-order chi connectivity index (χ1) is 7.27. The standard InChI is InChI=1S/C10H10N4O/c11-9-6-7-13-14(9)10(12)15-8-4-2-1-3-5-8/h1-7,12H,11H2. The lowest BCUT2D eigenvalue weighted by Gasteiger charge is -2.07. The lowest BCUT2D eigenvalue weighted by Crippen LogP contribution is -2.20. The Balaban J connectivity index is 2.15. The van der Waals surface area contributed by atoms with Crippen LogP contribution in [0.4, 0.5) is 5.82 Å². The molecule has 0 saturated heterocycles. The van der Waals surface area contributed by atoms with Crippen LogP contribution in [0, 0.1) is 5.41 Å². The van der Waals surface area contributed by atoms with Gasteiger partial charge in [0.05, 0.1) is 6.20 Å². The maximum Gasteiger partial charge on any atom is 0.317 e. The molecule has 0 spiro atoms. The van der Waals surface area contributed by atoms with Gasteiger partial charge in [0.1, 0.15) is 11.6 Å². The number of hydrogen-bond donors (Lipinski definition) is 2. The van der Waals surface area contributed by atoms with E-state index in [0.29, 0.717) is 11.6 Å². The number of nitrogen functional groups attached to an aromatic ring is 1. The number of aromatic nitrogens is 2. The van der Waals surface area contributed by atoms with Crippen molar-refractivity contribution in [2.75, 3.05) is 5.73 Å². The molecule has 2 rings (SSSR count). The van der Waals surface area contributed by atoms with Crippen LogP contribution in [0.25, 0.3) is 0 Å². The molecule has 1 aromatic heterocycles. The number of rotatable bonds is 1. The average Bonchev–Trinajstić information content (AvgIpc) is 2.66. The van der Waals surface area contributed by atoms with Crippen LogP contribution in [-0.4, -0.2) is 15.8 Å². The van der Waals surface area contributed by atoms with Gasteiger partial charge in [-0.3, -0.25) is 0 Å². The molecule has 0 unspecified atom stereocenters. The van der Waals surface area contributed by atoms with Gasteiger partial charge in [0.25, 0.3) is 0 Å². The Hall–Kier alpha value is -2.30. The molecule has 1 heterocycles. The Morgan fingerprint density at radius 3 is 2.60 bits per heavy atom. The summed E-state index contributed by atoms with van der Waals surface area (Å²) in [6.07, 6.45) is 1.51. The quantitative estimate of drug-likeness (QED) is 0.541. The Labute approximate surface area is 86.6 Å². The van der Waals surface area contributed by atoms with E-state index in [9.17, 15) is 0 Å². The molecule has 0 saturated carbocycles. The Morgan fingerprint density at radius 1 is 1.27 bits per heavy atom. The van der Waals surface area contributed by atoms with Gasteiger partial charge in [0.2, 0.25) is 0 Å². The van der Waals surface area contributed by atoms with Gasteiger partial charge in [-0.25, -0.2) is 5.41 Å². The van der Waals surface area contributed by atoms with Crippen molar-refractivity contribution >= 4 is 11.8 Å². The summed E-state index contributed by atoms with van der Waals surface area (Å²) in [5.74, 6) is 0.952. The molecular formula is C10H10N4O. The summed E-state index contributed by atoms with van der Waals surface area (Å²) < 4.78 is 6.46. The highest BCUT2D eigenvalue weighted by Crippen LogP contribution is 2.10. The van der Waals surface area contributed by atoms with E-state index < -0.39 is 0 Å². The van der Waals surface area contributed by atoms with Gasteiger partial charge in [-0.1, -0.05) is 18.2 Å². The summed E-state index contributed by atoms with van der Waals surface area (Å²) in [6, 6.07) is 10.5. The number of hydrogen-bond acceptors (Lipinski definition) is 4. The zero-order valence-electron chi connectivity index (χ0n) is 7.92. The predicted octanol–water partition coefficient (Wildman–Crippen LogP) is 1.33. The van der Waals surface area contributed by atoms with Crippen molar-refractivity contribution < 1.29 is 4.74 Å². The number of ether oxygens (including phenoxy) is 1. The zero-order valence-corrected chi connectivity index (χ0v) is 7.92. The fourth-order valence-corrected chi connectivity index (χ4v) is 1.13. The number of para-hydroxylation sites is 1. The van der Waals surface area contributed by atoms with Crippen molar-refractivity contribution in [3.05, 3.63) is 42.6 Å². The van der Waals surface area contributed by atoms with E-state index >= 15 is 0 Å². The average molecular weight is 202 g/mol. The first-order valence-corrected chi connectivity index (χ1v) is 4.39. The third-order valence-electron chi connectivity index (χ3n) is 1.82. The number of nitrogens with one attached hydrogen (secondary N) is 1. The molecule has 0 aliphatic carbocycles. The molecule has 0 fully saturated rings. The van der Waals surface area contributed by atoms with Crippen molar-refractivity contribution in [3.63, 3.8) is 0 Å². The second-order valence-corrected chi connectivity index (χ2v) is 2.89. The van der Waals surface area contributed by atoms with E-state index in [1.165, 1.54) is 10.9 Å². The smallest absolute Gasteiger partial charge is 0.317 e. The Morgan fingerprint density at radius 2 is 2.00 bits per heavy atom. The van der Waals surface area contributed by atoms with Crippen molar-refractivity contribution in [2.45, 2.75) is 0 Å². The van der Waals surface area contributed by atoms with Gasteiger partial charge >= 0.3 is 6.02 Å². The van der Waals surface area contributed by atoms with Crippen LogP contribution < -0.4 is 10.5 Å². The molecule has 0 atom stereocenters. The van der Waals surface area contributed by atoms with Crippen molar-refractivity contribution in [1.82, 2.24) is 9.78 Å². The highest BCUT2D eigenvalue weighted by molar-refractivity contribution is 5.77. The van der Waals surface area contributed by atoms with Crippen LogP contribution in [-0.2, 0) is 0 Å². The van der Waals surface area contributed by atoms with Crippen LogP contribution in [0.3, 0.4) is 0 Å². The summed E-state index contributed by atoms with van der Waals surface area (Å²) in [5, 5.41) is 11.5. The first kappa shape index (κ1) is 9.26. The molecule has 5 nitrogen and oxygen atoms in total. The van der Waals surface area contributed by atoms with Gasteiger partial charge in [-0.2, -0.15) is 9.78 Å². The predicted molar refractivity (Wildman–Crippen MR) is 56.8 cm³/mol. The van der Waals surface area contributed by atoms with E-state index in [4.69, 9.17) is 15.9 Å². The second-order valence-electron chi connectivity index (χ2n) is 2.89. The van der Waals surface area contributed by atoms with Crippen molar-refractivity contribution in [3.8, 4) is 5.75 Å². The van der Waals surface area contributed by atoms with Crippen LogP contribution in [0.15, 0.2) is 42.6 Å². The van der Waals surface area contributed by atoms with Gasteiger partial charge < -0.3 is 10.5 Å². The molecule has 5 heteroatoms. The molecule has 1 aromatic carbocycles. The second kappa shape index (κ2) is 3.83. The molecule has 76 valence electrons. The number of nitrogens with two attached hydrogens (primary N) is 1. The van der Waals surface area contributed by atoms with Crippen LogP contribution in [0.5, 0.6) is 5.75 Å². The third kappa shape index (κ3) is 1.96. The minimum Gasteiger partial charge on any atom is -0.425 e. The van der Waals surface area contributed by atoms with Crippen molar-refractivity contribution in [1.29, 1.82) is 5.41 Å². The lowest BCUT2D eigenvalue weighted by atomic mass is 10.3. The van der Waals surface area contributed by atoms with Gasteiger partial charge in [-0.15, -0.1) is 0 Å². The molecule has 0 amide bonds. The largest absolute Gasteiger partial charge is 0.425 e. The highest BCUT2D eigenvalue weighted by atomic mass is 16.5. The molecule has 15 heavy (non-hydrogen) atoms. The molecule has 0 radical (unpaired) electrons. The number of benzene rings is 1. The van der Waals surface area contributed by atoms with Crippen LogP contribution in [0.2, 0.25) is 0 Å². The minimum atomic E-state index is -0.122. The van der Waals surface area contributed by atoms with E-state index in [1.54, 1.807) is 18.2 Å². The summed E-state index contributed by atoms with van der Waals surface area (Å²) in [6.45, 7) is 0. The number of nitrogens with zero attached hydrogens (tertiary/aromatic N) is 2. The van der Waals surface area contributed by atoms with Gasteiger partial charge in [0.15, 0.2) is 0 Å². The van der Waals surface area contributed by atoms with Crippen LogP contribution >= 0.6 is 0 Å². The monoisotopic (exact) mass is 202 g/mol. The first-order valence-electron chi connectivity index (χ1n) is 4.39. The van der Waals surface area contributed by atoms with Crippen molar-refractivity contribution in [2.24, 2.45) is 0 Å². The summed E-state index contributed by atoms with van der Waals surface area (Å²) in [5.41, 5.74) is 5.57. The third-order valence-corrected chi connectivity index (χ3v) is 1.82. The highest BCUT2D eigenvalue weighted by Gasteiger charge is 2.06. The minimum absolute atomic E-state index is 0.122. The zero-order chi connectivity index (χ0) is 10.7. The molecule has 2 aromatic rings. The Bertz CT molecular complexity index is 463. The van der Waals surface area contributed by atoms with Crippen LogP contribution in [0.1, 0.15) is 0 Å². The van der Waals surface area contributed by atoms with E-state index in [-0.39, 0.29) is 6.02 Å². The topological polar surface area (TPSA) is 76.9 Å². The van der Waals surface area contributed by atoms with E-state index in [1.807, 2.05) is 18.2 Å². The molecule has 0 bridgehead atoms. The van der Waals surface area contributed by atoms with Gasteiger partial charge in [-0.05, 0) is 12.1 Å². The molecule has 3 N–H and O–H groups in total. The maximum atomic E-state index is 7.62.